The van der Waals surface area contributed by atoms with Gasteiger partial charge in [-0.25, -0.2) is 4.98 Å². The lowest BCUT2D eigenvalue weighted by Crippen LogP contribution is -2.36. The second kappa shape index (κ2) is 6.89. The van der Waals surface area contributed by atoms with Crippen molar-refractivity contribution in [2.24, 2.45) is 5.92 Å². The minimum absolute atomic E-state index is 0.0546. The topological polar surface area (TPSA) is 64.2 Å². The molecular formula is C18H26N4O2. The lowest BCUT2D eigenvalue weighted by molar-refractivity contribution is 0.152. The van der Waals surface area contributed by atoms with Gasteiger partial charge in [-0.2, -0.15) is 0 Å². The first-order chi connectivity index (χ1) is 11.4. The summed E-state index contributed by atoms with van der Waals surface area (Å²) < 4.78 is 6.92. The predicted molar refractivity (Wildman–Crippen MR) is 91.7 cm³/mol. The van der Waals surface area contributed by atoms with Crippen LogP contribution in [0.15, 0.2) is 34.0 Å². The second-order valence-corrected chi connectivity index (χ2v) is 7.71. The molecule has 3 heterocycles. The van der Waals surface area contributed by atoms with Crippen LogP contribution in [-0.4, -0.2) is 32.7 Å². The Bertz CT molecular complexity index is 707. The third-order valence-electron chi connectivity index (χ3n) is 4.68. The summed E-state index contributed by atoms with van der Waals surface area (Å²) in [6, 6.07) is 3.59. The quantitative estimate of drug-likeness (QED) is 0.861. The zero-order valence-electron chi connectivity index (χ0n) is 14.7. The van der Waals surface area contributed by atoms with Gasteiger partial charge in [0.25, 0.3) is 5.56 Å². The zero-order valence-corrected chi connectivity index (χ0v) is 14.7. The van der Waals surface area contributed by atoms with E-state index in [1.165, 1.54) is 0 Å². The van der Waals surface area contributed by atoms with Crippen molar-refractivity contribution in [1.82, 2.24) is 19.6 Å². The Kier molecular flexibility index (Phi) is 4.85. The van der Waals surface area contributed by atoms with E-state index in [9.17, 15) is 4.79 Å². The summed E-state index contributed by atoms with van der Waals surface area (Å²) >= 11 is 0. The van der Waals surface area contributed by atoms with Crippen LogP contribution in [0.3, 0.4) is 0 Å². The summed E-state index contributed by atoms with van der Waals surface area (Å²) in [7, 11) is 0. The van der Waals surface area contributed by atoms with Gasteiger partial charge in [-0.15, -0.1) is 0 Å². The molecule has 6 heteroatoms. The molecule has 0 amide bonds. The summed E-state index contributed by atoms with van der Waals surface area (Å²) in [5, 5.41) is 3.75. The van der Waals surface area contributed by atoms with Crippen molar-refractivity contribution in [2.45, 2.75) is 52.1 Å². The van der Waals surface area contributed by atoms with E-state index in [-0.39, 0.29) is 11.0 Å². The van der Waals surface area contributed by atoms with Gasteiger partial charge in [-0.05, 0) is 31.8 Å². The highest BCUT2D eigenvalue weighted by molar-refractivity contribution is 5.10. The first-order valence-electron chi connectivity index (χ1n) is 8.61. The van der Waals surface area contributed by atoms with E-state index in [1.54, 1.807) is 23.2 Å². The Hall–Kier alpha value is -1.95. The average Bonchev–Trinajstić information content (AvgIpc) is 3.03. The first-order valence-corrected chi connectivity index (χ1v) is 8.61. The SMILES string of the molecule is CC(C)(C)c1cc(=O)n(CC2CCN(Cc3ccno3)CC2)cn1. The molecule has 1 aliphatic heterocycles. The highest BCUT2D eigenvalue weighted by Gasteiger charge is 2.22. The van der Waals surface area contributed by atoms with Crippen LogP contribution >= 0.6 is 0 Å². The van der Waals surface area contributed by atoms with Gasteiger partial charge >= 0.3 is 0 Å². The number of rotatable bonds is 4. The van der Waals surface area contributed by atoms with Crippen LogP contribution < -0.4 is 5.56 Å². The van der Waals surface area contributed by atoms with Gasteiger partial charge in [0.2, 0.25) is 0 Å². The Morgan fingerprint density at radius 3 is 2.62 bits per heavy atom. The van der Waals surface area contributed by atoms with Crippen LogP contribution in [0, 0.1) is 5.92 Å². The number of aromatic nitrogens is 3. The van der Waals surface area contributed by atoms with Gasteiger partial charge in [0, 0.05) is 24.1 Å². The third-order valence-corrected chi connectivity index (χ3v) is 4.68. The Morgan fingerprint density at radius 1 is 1.29 bits per heavy atom. The lowest BCUT2D eigenvalue weighted by atomic mass is 9.92. The molecule has 0 aromatic carbocycles. The monoisotopic (exact) mass is 330 g/mol. The van der Waals surface area contributed by atoms with Crippen LogP contribution in [0.2, 0.25) is 0 Å². The third kappa shape index (κ3) is 4.12. The summed E-state index contributed by atoms with van der Waals surface area (Å²) in [4.78, 5) is 19.2. The Labute approximate surface area is 142 Å². The molecule has 6 nitrogen and oxygen atoms in total. The van der Waals surface area contributed by atoms with E-state index in [2.05, 4.69) is 35.8 Å². The van der Waals surface area contributed by atoms with E-state index in [0.29, 0.717) is 5.92 Å². The van der Waals surface area contributed by atoms with Crippen molar-refractivity contribution in [3.63, 3.8) is 0 Å². The van der Waals surface area contributed by atoms with Gasteiger partial charge in [-0.1, -0.05) is 25.9 Å². The smallest absolute Gasteiger partial charge is 0.253 e. The molecule has 24 heavy (non-hydrogen) atoms. The minimum atomic E-state index is -0.0930. The molecule has 2 aromatic heterocycles. The van der Waals surface area contributed by atoms with Crippen LogP contribution in [0.5, 0.6) is 0 Å². The summed E-state index contributed by atoms with van der Waals surface area (Å²) in [6.45, 7) is 9.83. The largest absolute Gasteiger partial charge is 0.360 e. The number of nitrogens with zero attached hydrogens (tertiary/aromatic N) is 4. The standard InChI is InChI=1S/C18H26N4O2/c1-18(2,3)16-10-17(23)22(13-19-16)11-14-5-8-21(9-6-14)12-15-4-7-20-24-15/h4,7,10,13-14H,5-6,8-9,11-12H2,1-3H3. The fraction of sp³-hybridized carbons (Fsp3) is 0.611. The molecule has 0 bridgehead atoms. The van der Waals surface area contributed by atoms with E-state index in [4.69, 9.17) is 4.52 Å². The Balaban J connectivity index is 1.55. The summed E-state index contributed by atoms with van der Waals surface area (Å²) in [6.07, 6.45) is 5.57. The van der Waals surface area contributed by atoms with Crippen molar-refractivity contribution >= 4 is 0 Å². The highest BCUT2D eigenvalue weighted by Crippen LogP contribution is 2.21. The van der Waals surface area contributed by atoms with Gasteiger partial charge in [0.15, 0.2) is 5.76 Å². The van der Waals surface area contributed by atoms with E-state index in [0.717, 1.165) is 50.5 Å². The van der Waals surface area contributed by atoms with E-state index >= 15 is 0 Å². The van der Waals surface area contributed by atoms with Crippen LogP contribution in [-0.2, 0) is 18.5 Å². The van der Waals surface area contributed by atoms with Crippen molar-refractivity contribution in [3.8, 4) is 0 Å². The maximum atomic E-state index is 12.3. The van der Waals surface area contributed by atoms with Crippen molar-refractivity contribution < 1.29 is 4.52 Å². The molecule has 0 atom stereocenters. The van der Waals surface area contributed by atoms with Crippen molar-refractivity contribution in [3.05, 3.63) is 46.5 Å². The normalized spacial score (nSPS) is 17.3. The number of hydrogen-bond acceptors (Lipinski definition) is 5. The van der Waals surface area contributed by atoms with Gasteiger partial charge in [-0.3, -0.25) is 14.3 Å². The molecule has 2 aromatic rings. The zero-order chi connectivity index (χ0) is 17.2. The molecule has 0 radical (unpaired) electrons. The number of likely N-dealkylation sites (tertiary alicyclic amines) is 1. The maximum Gasteiger partial charge on any atom is 0.253 e. The van der Waals surface area contributed by atoms with Crippen LogP contribution in [0.25, 0.3) is 0 Å². The molecule has 1 fully saturated rings. The fourth-order valence-electron chi connectivity index (χ4n) is 3.12. The van der Waals surface area contributed by atoms with Crippen LogP contribution in [0.1, 0.15) is 45.1 Å². The van der Waals surface area contributed by atoms with E-state index in [1.807, 2.05) is 6.07 Å². The molecule has 0 saturated carbocycles. The molecule has 1 aliphatic rings. The lowest BCUT2D eigenvalue weighted by Gasteiger charge is -2.31. The molecular weight excluding hydrogens is 304 g/mol. The highest BCUT2D eigenvalue weighted by atomic mass is 16.5. The maximum absolute atomic E-state index is 12.3. The molecule has 3 rings (SSSR count). The fourth-order valence-corrected chi connectivity index (χ4v) is 3.12. The molecule has 0 aliphatic carbocycles. The first kappa shape index (κ1) is 16.9. The van der Waals surface area contributed by atoms with Gasteiger partial charge in [0.1, 0.15) is 0 Å². The molecule has 1 saturated heterocycles. The average molecular weight is 330 g/mol. The molecule has 130 valence electrons. The predicted octanol–water partition coefficient (Wildman–Crippen LogP) is 2.44. The van der Waals surface area contributed by atoms with E-state index < -0.39 is 0 Å². The second-order valence-electron chi connectivity index (χ2n) is 7.71. The van der Waals surface area contributed by atoms with Gasteiger partial charge in [0.05, 0.1) is 24.8 Å². The molecule has 0 unspecified atom stereocenters. The summed E-state index contributed by atoms with van der Waals surface area (Å²) in [5.41, 5.74) is 0.814. The Morgan fingerprint density at radius 2 is 2.04 bits per heavy atom. The van der Waals surface area contributed by atoms with Crippen molar-refractivity contribution in [1.29, 1.82) is 0 Å². The molecule has 0 N–H and O–H groups in total. The van der Waals surface area contributed by atoms with Crippen LogP contribution in [0.4, 0.5) is 0 Å². The number of hydrogen-bond donors (Lipinski definition) is 0. The van der Waals surface area contributed by atoms with Gasteiger partial charge < -0.3 is 4.52 Å². The molecule has 0 spiro atoms. The number of piperidine rings is 1. The summed E-state index contributed by atoms with van der Waals surface area (Å²) in [5.74, 6) is 1.43. The van der Waals surface area contributed by atoms with Crippen molar-refractivity contribution in [2.75, 3.05) is 13.1 Å². The minimum Gasteiger partial charge on any atom is -0.360 e.